The van der Waals surface area contributed by atoms with E-state index >= 15 is 0 Å². The number of halogens is 1. The van der Waals surface area contributed by atoms with E-state index in [1.54, 1.807) is 18.2 Å². The number of nitrogens with one attached hydrogen (secondary N) is 1. The minimum atomic E-state index is -0.182. The average Bonchev–Trinajstić information content (AvgIpc) is 2.78. The van der Waals surface area contributed by atoms with Crippen molar-refractivity contribution in [3.05, 3.63) is 44.4 Å². The number of carbonyl (C=O) groups is 1. The van der Waals surface area contributed by atoms with Gasteiger partial charge in [0.25, 0.3) is 5.91 Å². The van der Waals surface area contributed by atoms with Crippen molar-refractivity contribution in [3.63, 3.8) is 0 Å². The zero-order valence-electron chi connectivity index (χ0n) is 11.7. The van der Waals surface area contributed by atoms with Crippen molar-refractivity contribution in [3.8, 4) is 11.8 Å². The van der Waals surface area contributed by atoms with Gasteiger partial charge in [-0.2, -0.15) is 0 Å². The number of amides is 1. The molecule has 21 heavy (non-hydrogen) atoms. The second-order valence-electron chi connectivity index (χ2n) is 4.30. The van der Waals surface area contributed by atoms with E-state index in [-0.39, 0.29) is 12.5 Å². The Morgan fingerprint density at radius 1 is 1.48 bits per heavy atom. The summed E-state index contributed by atoms with van der Waals surface area (Å²) in [5.74, 6) is 5.43. The van der Waals surface area contributed by atoms with Crippen LogP contribution in [0.2, 0.25) is 5.02 Å². The molecule has 0 aliphatic heterocycles. The summed E-state index contributed by atoms with van der Waals surface area (Å²) >= 11 is 7.42. The van der Waals surface area contributed by atoms with Crippen LogP contribution >= 0.6 is 22.9 Å². The lowest BCUT2D eigenvalue weighted by atomic mass is 10.2. The van der Waals surface area contributed by atoms with Gasteiger partial charge >= 0.3 is 0 Å². The first kappa shape index (κ1) is 15.5. The molecule has 0 atom stereocenters. The fraction of sp³-hybridized carbons (Fsp3) is 0.200. The van der Waals surface area contributed by atoms with Crippen molar-refractivity contribution >= 4 is 34.5 Å². The maximum Gasteiger partial charge on any atom is 0.267 e. The molecule has 2 aromatic rings. The Morgan fingerprint density at radius 3 is 2.86 bits per heavy atom. The first-order valence-electron chi connectivity index (χ1n) is 6.25. The van der Waals surface area contributed by atoms with Gasteiger partial charge in [-0.05, 0) is 32.0 Å². The number of hydrogen-bond acceptors (Lipinski definition) is 4. The summed E-state index contributed by atoms with van der Waals surface area (Å²) < 4.78 is 0. The van der Waals surface area contributed by atoms with Crippen LogP contribution in [0.3, 0.4) is 0 Å². The molecule has 108 valence electrons. The van der Waals surface area contributed by atoms with Crippen LogP contribution in [0.1, 0.15) is 25.9 Å². The second kappa shape index (κ2) is 6.72. The van der Waals surface area contributed by atoms with E-state index in [9.17, 15) is 4.79 Å². The number of aromatic nitrogens is 1. The molecule has 0 saturated carbocycles. The fourth-order valence-corrected chi connectivity index (χ4v) is 2.75. The normalized spacial score (nSPS) is 9.90. The molecule has 0 aliphatic carbocycles. The van der Waals surface area contributed by atoms with Crippen LogP contribution in [0.15, 0.2) is 18.2 Å². The highest BCUT2D eigenvalue weighted by Gasteiger charge is 2.14. The van der Waals surface area contributed by atoms with E-state index in [0.717, 1.165) is 10.7 Å². The lowest BCUT2D eigenvalue weighted by Crippen LogP contribution is -2.11. The first-order chi connectivity index (χ1) is 10.0. The first-order valence-corrected chi connectivity index (χ1v) is 7.44. The van der Waals surface area contributed by atoms with Crippen LogP contribution in [0.25, 0.3) is 0 Å². The summed E-state index contributed by atoms with van der Waals surface area (Å²) in [6.45, 7) is 3.95. The number of benzene rings is 1. The van der Waals surface area contributed by atoms with Crippen molar-refractivity contribution in [2.24, 2.45) is 5.73 Å². The molecule has 0 bridgehead atoms. The van der Waals surface area contributed by atoms with Gasteiger partial charge in [0.1, 0.15) is 4.88 Å². The highest BCUT2D eigenvalue weighted by molar-refractivity contribution is 7.13. The van der Waals surface area contributed by atoms with Crippen LogP contribution in [-0.4, -0.2) is 17.4 Å². The summed E-state index contributed by atoms with van der Waals surface area (Å²) in [7, 11) is 0. The van der Waals surface area contributed by atoms with Crippen LogP contribution in [0.5, 0.6) is 0 Å². The SMILES string of the molecule is Cc1nc(C)c(C(=O)Nc2ccc(Cl)c(C#CCN)c2)s1. The van der Waals surface area contributed by atoms with Gasteiger partial charge in [-0.25, -0.2) is 4.98 Å². The van der Waals surface area contributed by atoms with Gasteiger partial charge in [0, 0.05) is 11.3 Å². The molecule has 3 N–H and O–H groups in total. The molecule has 0 radical (unpaired) electrons. The maximum absolute atomic E-state index is 12.2. The number of hydrogen-bond donors (Lipinski definition) is 2. The molecule has 1 heterocycles. The molecule has 0 aliphatic rings. The van der Waals surface area contributed by atoms with Crippen molar-refractivity contribution in [2.45, 2.75) is 13.8 Å². The van der Waals surface area contributed by atoms with E-state index in [1.807, 2.05) is 13.8 Å². The molecular formula is C15H14ClN3OS. The number of nitrogens with zero attached hydrogens (tertiary/aromatic N) is 1. The molecule has 4 nitrogen and oxygen atoms in total. The van der Waals surface area contributed by atoms with Crippen molar-refractivity contribution < 1.29 is 4.79 Å². The van der Waals surface area contributed by atoms with E-state index in [0.29, 0.717) is 21.2 Å². The number of thiazole rings is 1. The van der Waals surface area contributed by atoms with Gasteiger partial charge in [0.2, 0.25) is 0 Å². The minimum Gasteiger partial charge on any atom is -0.321 e. The molecule has 0 spiro atoms. The Labute approximate surface area is 132 Å². The largest absolute Gasteiger partial charge is 0.321 e. The molecular weight excluding hydrogens is 306 g/mol. The molecule has 1 aromatic carbocycles. The standard InChI is InChI=1S/C15H14ClN3OS/c1-9-14(21-10(2)18-9)15(20)19-12-5-6-13(16)11(8-12)4-3-7-17/h5-6,8H,7,17H2,1-2H3,(H,19,20). The van der Waals surface area contributed by atoms with E-state index in [4.69, 9.17) is 17.3 Å². The Morgan fingerprint density at radius 2 is 2.24 bits per heavy atom. The van der Waals surface area contributed by atoms with Gasteiger partial charge in [-0.15, -0.1) is 11.3 Å². The van der Waals surface area contributed by atoms with Crippen LogP contribution < -0.4 is 11.1 Å². The summed E-state index contributed by atoms with van der Waals surface area (Å²) in [5.41, 5.74) is 7.35. The monoisotopic (exact) mass is 319 g/mol. The van der Waals surface area contributed by atoms with Gasteiger partial charge < -0.3 is 11.1 Å². The van der Waals surface area contributed by atoms with Crippen LogP contribution in [-0.2, 0) is 0 Å². The number of rotatable bonds is 2. The van der Waals surface area contributed by atoms with E-state index in [2.05, 4.69) is 22.1 Å². The molecule has 2 rings (SSSR count). The molecule has 1 amide bonds. The van der Waals surface area contributed by atoms with Crippen LogP contribution in [0, 0.1) is 25.7 Å². The second-order valence-corrected chi connectivity index (χ2v) is 5.91. The zero-order chi connectivity index (χ0) is 15.4. The minimum absolute atomic E-state index is 0.182. The third-order valence-electron chi connectivity index (χ3n) is 2.66. The van der Waals surface area contributed by atoms with Gasteiger partial charge in [0.15, 0.2) is 0 Å². The predicted molar refractivity (Wildman–Crippen MR) is 86.9 cm³/mol. The Hall–Kier alpha value is -1.87. The smallest absolute Gasteiger partial charge is 0.267 e. The molecule has 0 unspecified atom stereocenters. The van der Waals surface area contributed by atoms with Gasteiger partial charge in [-0.3, -0.25) is 4.79 Å². The topological polar surface area (TPSA) is 68.0 Å². The summed E-state index contributed by atoms with van der Waals surface area (Å²) in [6.07, 6.45) is 0. The molecule has 0 fully saturated rings. The third kappa shape index (κ3) is 3.82. The lowest BCUT2D eigenvalue weighted by Gasteiger charge is -2.05. The number of aryl methyl sites for hydroxylation is 2. The summed E-state index contributed by atoms with van der Waals surface area (Å²) in [4.78, 5) is 17.1. The number of anilines is 1. The predicted octanol–water partition coefficient (Wildman–Crippen LogP) is 2.98. The zero-order valence-corrected chi connectivity index (χ0v) is 13.2. The lowest BCUT2D eigenvalue weighted by molar-refractivity contribution is 0.103. The molecule has 0 saturated heterocycles. The van der Waals surface area contributed by atoms with Gasteiger partial charge in [0.05, 0.1) is 22.3 Å². The van der Waals surface area contributed by atoms with Gasteiger partial charge in [-0.1, -0.05) is 23.4 Å². The molecule has 6 heteroatoms. The van der Waals surface area contributed by atoms with E-state index in [1.165, 1.54) is 11.3 Å². The molecule has 1 aromatic heterocycles. The maximum atomic E-state index is 12.2. The third-order valence-corrected chi connectivity index (χ3v) is 4.06. The van der Waals surface area contributed by atoms with Crippen LogP contribution in [0.4, 0.5) is 5.69 Å². The number of nitrogens with two attached hydrogens (primary N) is 1. The van der Waals surface area contributed by atoms with Crippen molar-refractivity contribution in [1.29, 1.82) is 0 Å². The highest BCUT2D eigenvalue weighted by Crippen LogP contribution is 2.22. The quantitative estimate of drug-likeness (QED) is 0.836. The average molecular weight is 320 g/mol. The summed E-state index contributed by atoms with van der Waals surface area (Å²) in [5, 5.41) is 4.22. The summed E-state index contributed by atoms with van der Waals surface area (Å²) in [6, 6.07) is 5.16. The highest BCUT2D eigenvalue weighted by atomic mass is 35.5. The number of carbonyl (C=O) groups excluding carboxylic acids is 1. The van der Waals surface area contributed by atoms with Crippen molar-refractivity contribution in [1.82, 2.24) is 4.98 Å². The Kier molecular flexibility index (Phi) is 4.97. The Balaban J connectivity index is 2.23. The van der Waals surface area contributed by atoms with E-state index < -0.39 is 0 Å². The Bertz CT molecular complexity index is 743. The van der Waals surface area contributed by atoms with Crippen molar-refractivity contribution in [2.75, 3.05) is 11.9 Å². The fourth-order valence-electron chi connectivity index (χ4n) is 1.77.